The van der Waals surface area contributed by atoms with Crippen LogP contribution < -0.4 is 20.3 Å². The number of hydrogen-bond donors (Lipinski definition) is 2. The molecule has 1 aliphatic heterocycles. The first-order chi connectivity index (χ1) is 12.9. The minimum absolute atomic E-state index is 0.136. The highest BCUT2D eigenvalue weighted by atomic mass is 16.5. The molecule has 0 saturated heterocycles. The third kappa shape index (κ3) is 4.44. The maximum atomic E-state index is 12.4. The van der Waals surface area contributed by atoms with E-state index in [2.05, 4.69) is 10.6 Å². The Bertz CT molecular complexity index is 881. The molecule has 0 saturated carbocycles. The zero-order chi connectivity index (χ0) is 19.4. The van der Waals surface area contributed by atoms with Crippen LogP contribution in [0.25, 0.3) is 0 Å². The van der Waals surface area contributed by atoms with Gasteiger partial charge in [0.1, 0.15) is 5.75 Å². The van der Waals surface area contributed by atoms with Gasteiger partial charge in [0.25, 0.3) is 5.91 Å². The van der Waals surface area contributed by atoms with Gasteiger partial charge in [-0.1, -0.05) is 18.2 Å². The van der Waals surface area contributed by atoms with E-state index in [-0.39, 0.29) is 30.7 Å². The summed E-state index contributed by atoms with van der Waals surface area (Å²) in [5.74, 6) is 0.0543. The molecule has 1 atom stereocenters. The molecule has 0 aliphatic carbocycles. The third-order valence-electron chi connectivity index (χ3n) is 4.10. The second kappa shape index (κ2) is 7.90. The van der Waals surface area contributed by atoms with Crippen LogP contribution in [0.2, 0.25) is 0 Å². The Kier molecular flexibility index (Phi) is 5.40. The second-order valence-corrected chi connectivity index (χ2v) is 6.28. The summed E-state index contributed by atoms with van der Waals surface area (Å²) in [6.45, 7) is 3.36. The van der Waals surface area contributed by atoms with E-state index >= 15 is 0 Å². The first-order valence-corrected chi connectivity index (χ1v) is 8.68. The van der Waals surface area contributed by atoms with Crippen LogP contribution in [0, 0.1) is 0 Å². The molecule has 3 amide bonds. The first kappa shape index (κ1) is 18.4. The summed E-state index contributed by atoms with van der Waals surface area (Å²) in [6, 6.07) is 14.2. The summed E-state index contributed by atoms with van der Waals surface area (Å²) in [5, 5.41) is 5.45. The Balaban J connectivity index is 1.64. The van der Waals surface area contributed by atoms with E-state index in [4.69, 9.17) is 4.74 Å². The van der Waals surface area contributed by atoms with Crippen molar-refractivity contribution in [3.8, 4) is 5.75 Å². The topological polar surface area (TPSA) is 87.7 Å². The van der Waals surface area contributed by atoms with Gasteiger partial charge in [0.05, 0.1) is 5.69 Å². The molecule has 7 nitrogen and oxygen atoms in total. The summed E-state index contributed by atoms with van der Waals surface area (Å²) >= 11 is 0. The Morgan fingerprint density at radius 3 is 2.52 bits per heavy atom. The van der Waals surface area contributed by atoms with Crippen molar-refractivity contribution in [2.45, 2.75) is 26.4 Å². The van der Waals surface area contributed by atoms with Crippen molar-refractivity contribution in [1.29, 1.82) is 0 Å². The number of benzene rings is 2. The van der Waals surface area contributed by atoms with Crippen molar-refractivity contribution < 1.29 is 19.1 Å². The number of ether oxygens (including phenoxy) is 1. The predicted octanol–water partition coefficient (Wildman–Crippen LogP) is 2.79. The minimum Gasteiger partial charge on any atom is -0.479 e. The van der Waals surface area contributed by atoms with Gasteiger partial charge in [0.15, 0.2) is 6.10 Å². The van der Waals surface area contributed by atoms with Crippen LogP contribution >= 0.6 is 0 Å². The molecule has 0 spiro atoms. The molecule has 0 bridgehead atoms. The van der Waals surface area contributed by atoms with Crippen LogP contribution in [0.15, 0.2) is 48.5 Å². The molecule has 0 fully saturated rings. The van der Waals surface area contributed by atoms with Gasteiger partial charge in [0, 0.05) is 31.3 Å². The standard InChI is InChI=1S/C20H21N3O4/c1-13-20(26)23(17-8-3-4-9-18(17)27-13)11-10-19(25)22-16-7-5-6-15(12-16)21-14(2)24/h3-9,12-13H,10-11H2,1-2H3,(H,21,24)(H,22,25). The highest BCUT2D eigenvalue weighted by Gasteiger charge is 2.31. The van der Waals surface area contributed by atoms with Gasteiger partial charge in [-0.25, -0.2) is 0 Å². The molecule has 0 aromatic heterocycles. The lowest BCUT2D eigenvalue weighted by Gasteiger charge is -2.32. The molecule has 2 N–H and O–H groups in total. The van der Waals surface area contributed by atoms with Gasteiger partial charge in [-0.3, -0.25) is 14.4 Å². The lowest BCUT2D eigenvalue weighted by molar-refractivity contribution is -0.125. The van der Waals surface area contributed by atoms with Crippen LogP contribution in [-0.2, 0) is 14.4 Å². The summed E-state index contributed by atoms with van der Waals surface area (Å²) in [6.07, 6.45) is -0.450. The van der Waals surface area contributed by atoms with Gasteiger partial charge >= 0.3 is 0 Å². The molecule has 1 unspecified atom stereocenters. The molecule has 140 valence electrons. The zero-order valence-corrected chi connectivity index (χ0v) is 15.2. The average molecular weight is 367 g/mol. The summed E-state index contributed by atoms with van der Waals surface area (Å²) in [4.78, 5) is 37.5. The zero-order valence-electron chi connectivity index (χ0n) is 15.2. The van der Waals surface area contributed by atoms with E-state index in [1.54, 1.807) is 48.2 Å². The largest absolute Gasteiger partial charge is 0.479 e. The molecule has 1 aliphatic rings. The number of amides is 3. The Morgan fingerprint density at radius 2 is 1.78 bits per heavy atom. The normalized spacial score (nSPS) is 15.6. The van der Waals surface area contributed by atoms with Crippen molar-refractivity contribution in [3.05, 3.63) is 48.5 Å². The van der Waals surface area contributed by atoms with Crippen molar-refractivity contribution in [3.63, 3.8) is 0 Å². The number of fused-ring (bicyclic) bond motifs is 1. The number of nitrogens with one attached hydrogen (secondary N) is 2. The summed E-state index contributed by atoms with van der Waals surface area (Å²) in [5.41, 5.74) is 1.85. The smallest absolute Gasteiger partial charge is 0.267 e. The molecule has 0 radical (unpaired) electrons. The number of anilines is 3. The molecule has 3 rings (SSSR count). The first-order valence-electron chi connectivity index (χ1n) is 8.68. The van der Waals surface area contributed by atoms with E-state index in [0.29, 0.717) is 22.8 Å². The summed E-state index contributed by atoms with van der Waals surface area (Å²) < 4.78 is 5.60. The average Bonchev–Trinajstić information content (AvgIpc) is 2.62. The van der Waals surface area contributed by atoms with Gasteiger partial charge in [0.2, 0.25) is 11.8 Å². The number of carbonyl (C=O) groups excluding carboxylic acids is 3. The molecule has 7 heteroatoms. The Labute approximate surface area is 157 Å². The molecular weight excluding hydrogens is 346 g/mol. The van der Waals surface area contributed by atoms with Gasteiger partial charge in [-0.2, -0.15) is 0 Å². The predicted molar refractivity (Wildman–Crippen MR) is 103 cm³/mol. The van der Waals surface area contributed by atoms with E-state index in [1.165, 1.54) is 6.92 Å². The number of hydrogen-bond acceptors (Lipinski definition) is 4. The van der Waals surface area contributed by atoms with Crippen LogP contribution in [0.3, 0.4) is 0 Å². The third-order valence-corrected chi connectivity index (χ3v) is 4.10. The minimum atomic E-state index is -0.586. The Morgan fingerprint density at radius 1 is 1.07 bits per heavy atom. The van der Waals surface area contributed by atoms with Gasteiger partial charge < -0.3 is 20.3 Å². The van der Waals surface area contributed by atoms with Crippen LogP contribution in [-0.4, -0.2) is 30.4 Å². The maximum Gasteiger partial charge on any atom is 0.267 e. The number of rotatable bonds is 5. The fourth-order valence-corrected chi connectivity index (χ4v) is 2.90. The second-order valence-electron chi connectivity index (χ2n) is 6.28. The fraction of sp³-hybridized carbons (Fsp3) is 0.250. The number of nitrogens with zero attached hydrogens (tertiary/aromatic N) is 1. The highest BCUT2D eigenvalue weighted by Crippen LogP contribution is 2.33. The monoisotopic (exact) mass is 367 g/mol. The number of carbonyl (C=O) groups is 3. The molecule has 2 aromatic carbocycles. The van der Waals surface area contributed by atoms with Crippen LogP contribution in [0.1, 0.15) is 20.3 Å². The lowest BCUT2D eigenvalue weighted by Crippen LogP contribution is -2.45. The van der Waals surface area contributed by atoms with Gasteiger partial charge in [-0.15, -0.1) is 0 Å². The lowest BCUT2D eigenvalue weighted by atomic mass is 10.1. The van der Waals surface area contributed by atoms with Crippen LogP contribution in [0.5, 0.6) is 5.75 Å². The van der Waals surface area contributed by atoms with E-state index < -0.39 is 6.10 Å². The molecule has 27 heavy (non-hydrogen) atoms. The van der Waals surface area contributed by atoms with Crippen LogP contribution in [0.4, 0.5) is 17.1 Å². The van der Waals surface area contributed by atoms with Gasteiger partial charge in [-0.05, 0) is 37.3 Å². The molecule has 2 aromatic rings. The van der Waals surface area contributed by atoms with Crippen molar-refractivity contribution >= 4 is 34.8 Å². The summed E-state index contributed by atoms with van der Waals surface area (Å²) in [7, 11) is 0. The molecular formula is C20H21N3O4. The van der Waals surface area contributed by atoms with Crippen molar-refractivity contribution in [1.82, 2.24) is 0 Å². The van der Waals surface area contributed by atoms with E-state index in [1.807, 2.05) is 12.1 Å². The van der Waals surface area contributed by atoms with Crippen molar-refractivity contribution in [2.75, 3.05) is 22.1 Å². The Hall–Kier alpha value is -3.35. The van der Waals surface area contributed by atoms with E-state index in [9.17, 15) is 14.4 Å². The molecule has 1 heterocycles. The van der Waals surface area contributed by atoms with Crippen molar-refractivity contribution in [2.24, 2.45) is 0 Å². The number of para-hydroxylation sites is 2. The fourth-order valence-electron chi connectivity index (χ4n) is 2.90. The SMILES string of the molecule is CC(=O)Nc1cccc(NC(=O)CCN2C(=O)C(C)Oc3ccccc32)c1. The maximum absolute atomic E-state index is 12.4. The van der Waals surface area contributed by atoms with E-state index in [0.717, 1.165) is 0 Å². The highest BCUT2D eigenvalue weighted by molar-refractivity contribution is 6.01. The quantitative estimate of drug-likeness (QED) is 0.851.